The van der Waals surface area contributed by atoms with E-state index in [1.165, 1.54) is 4.68 Å². The summed E-state index contributed by atoms with van der Waals surface area (Å²) in [7, 11) is 0. The number of aromatic amines is 1. The molecule has 2 aromatic carbocycles. The standard InChI is InChI=1S/C21H20N4O4/c1-2-25-19(26)15-9-4-3-8-14(15)18(23-25)20(27)29-13-7-12-24-17-11-6-5-10-16(17)22-21(24)28/h3-6,8-11H,2,7,12-13H2,1H3,(H,22,28). The van der Waals surface area contributed by atoms with E-state index in [1.807, 2.05) is 24.3 Å². The molecule has 2 aromatic heterocycles. The zero-order valence-corrected chi connectivity index (χ0v) is 15.9. The first-order chi connectivity index (χ1) is 14.1. The Bertz CT molecular complexity index is 1320. The van der Waals surface area contributed by atoms with E-state index in [4.69, 9.17) is 4.74 Å². The first-order valence-electron chi connectivity index (χ1n) is 9.44. The second-order valence-corrected chi connectivity index (χ2v) is 6.60. The molecule has 0 aliphatic heterocycles. The van der Waals surface area contributed by atoms with Crippen LogP contribution < -0.4 is 11.2 Å². The highest BCUT2D eigenvalue weighted by molar-refractivity contribution is 6.02. The van der Waals surface area contributed by atoms with E-state index in [0.717, 1.165) is 11.0 Å². The second-order valence-electron chi connectivity index (χ2n) is 6.60. The van der Waals surface area contributed by atoms with Crippen molar-refractivity contribution in [3.8, 4) is 0 Å². The number of nitrogens with one attached hydrogen (secondary N) is 1. The molecule has 0 bridgehead atoms. The van der Waals surface area contributed by atoms with Crippen molar-refractivity contribution in [3.63, 3.8) is 0 Å². The third-order valence-corrected chi connectivity index (χ3v) is 4.80. The maximum absolute atomic E-state index is 12.6. The molecule has 8 nitrogen and oxygen atoms in total. The van der Waals surface area contributed by atoms with Crippen molar-refractivity contribution < 1.29 is 9.53 Å². The van der Waals surface area contributed by atoms with Crippen LogP contribution in [0.1, 0.15) is 23.8 Å². The van der Waals surface area contributed by atoms with Crippen molar-refractivity contribution in [1.82, 2.24) is 19.3 Å². The fourth-order valence-corrected chi connectivity index (χ4v) is 3.38. The van der Waals surface area contributed by atoms with E-state index in [2.05, 4.69) is 10.1 Å². The summed E-state index contributed by atoms with van der Waals surface area (Å²) in [6, 6.07) is 14.3. The molecule has 148 valence electrons. The monoisotopic (exact) mass is 392 g/mol. The molecule has 0 fully saturated rings. The average molecular weight is 392 g/mol. The van der Waals surface area contributed by atoms with Crippen LogP contribution in [0.5, 0.6) is 0 Å². The van der Waals surface area contributed by atoms with Gasteiger partial charge in [0, 0.05) is 18.5 Å². The Morgan fingerprint density at radius 1 is 1.07 bits per heavy atom. The maximum atomic E-state index is 12.6. The summed E-state index contributed by atoms with van der Waals surface area (Å²) >= 11 is 0. The molecule has 8 heteroatoms. The number of rotatable bonds is 6. The van der Waals surface area contributed by atoms with Crippen LogP contribution in [-0.4, -0.2) is 31.9 Å². The quantitative estimate of drug-likeness (QED) is 0.401. The van der Waals surface area contributed by atoms with Gasteiger partial charge in [0.25, 0.3) is 5.56 Å². The smallest absolute Gasteiger partial charge is 0.359 e. The molecular formula is C21H20N4O4. The molecule has 0 atom stereocenters. The van der Waals surface area contributed by atoms with Crippen LogP contribution in [0.4, 0.5) is 0 Å². The number of carbonyl (C=O) groups excluding carboxylic acids is 1. The van der Waals surface area contributed by atoms with Gasteiger partial charge in [0.1, 0.15) is 0 Å². The largest absolute Gasteiger partial charge is 0.461 e. The Hall–Kier alpha value is -3.68. The highest BCUT2D eigenvalue weighted by Gasteiger charge is 2.17. The molecule has 4 aromatic rings. The van der Waals surface area contributed by atoms with E-state index >= 15 is 0 Å². The number of benzene rings is 2. The van der Waals surface area contributed by atoms with Crippen LogP contribution in [0.2, 0.25) is 0 Å². The number of nitrogens with zero attached hydrogens (tertiary/aromatic N) is 3. The van der Waals surface area contributed by atoms with Gasteiger partial charge < -0.3 is 9.72 Å². The first-order valence-corrected chi connectivity index (χ1v) is 9.44. The number of aromatic nitrogens is 4. The van der Waals surface area contributed by atoms with Crippen molar-refractivity contribution in [3.05, 3.63) is 75.1 Å². The predicted molar refractivity (Wildman–Crippen MR) is 109 cm³/mol. The fourth-order valence-electron chi connectivity index (χ4n) is 3.38. The lowest BCUT2D eigenvalue weighted by Crippen LogP contribution is -2.26. The molecule has 0 amide bonds. The number of esters is 1. The number of para-hydroxylation sites is 2. The average Bonchev–Trinajstić information content (AvgIpc) is 3.06. The highest BCUT2D eigenvalue weighted by Crippen LogP contribution is 2.15. The summed E-state index contributed by atoms with van der Waals surface area (Å²) in [5.74, 6) is -0.588. The molecule has 0 saturated heterocycles. The topological polar surface area (TPSA) is 99.0 Å². The van der Waals surface area contributed by atoms with Crippen molar-refractivity contribution in [2.45, 2.75) is 26.4 Å². The van der Waals surface area contributed by atoms with Crippen LogP contribution >= 0.6 is 0 Å². The van der Waals surface area contributed by atoms with Crippen LogP contribution in [0.25, 0.3) is 21.8 Å². The van der Waals surface area contributed by atoms with Crippen LogP contribution in [0.3, 0.4) is 0 Å². The molecule has 0 aliphatic carbocycles. The van der Waals surface area contributed by atoms with Gasteiger partial charge in [-0.25, -0.2) is 14.3 Å². The first kappa shape index (κ1) is 18.7. The SMILES string of the molecule is CCn1nc(C(=O)OCCCn2c(=O)[nH]c3ccccc32)c2ccccc2c1=O. The van der Waals surface area contributed by atoms with Gasteiger partial charge in [-0.3, -0.25) is 9.36 Å². The van der Waals surface area contributed by atoms with Gasteiger partial charge in [-0.2, -0.15) is 5.10 Å². The minimum atomic E-state index is -0.588. The maximum Gasteiger partial charge on any atom is 0.359 e. The normalized spacial score (nSPS) is 11.2. The van der Waals surface area contributed by atoms with Gasteiger partial charge in [0.05, 0.1) is 23.0 Å². The molecule has 0 unspecified atom stereocenters. The number of ether oxygens (including phenoxy) is 1. The zero-order valence-electron chi connectivity index (χ0n) is 15.9. The molecule has 1 N–H and O–H groups in total. The minimum Gasteiger partial charge on any atom is -0.461 e. The summed E-state index contributed by atoms with van der Waals surface area (Å²) in [6.07, 6.45) is 0.471. The number of H-pyrrole nitrogens is 1. The molecular weight excluding hydrogens is 372 g/mol. The number of carbonyl (C=O) groups is 1. The summed E-state index contributed by atoms with van der Waals surface area (Å²) in [4.78, 5) is 39.9. The van der Waals surface area contributed by atoms with Crippen molar-refractivity contribution in [2.75, 3.05) is 6.61 Å². The lowest BCUT2D eigenvalue weighted by Gasteiger charge is -2.10. The summed E-state index contributed by atoms with van der Waals surface area (Å²) in [5.41, 5.74) is 1.27. The lowest BCUT2D eigenvalue weighted by atomic mass is 10.1. The van der Waals surface area contributed by atoms with Crippen LogP contribution in [-0.2, 0) is 17.8 Å². The van der Waals surface area contributed by atoms with Gasteiger partial charge in [0.15, 0.2) is 5.69 Å². The van der Waals surface area contributed by atoms with Gasteiger partial charge in [-0.1, -0.05) is 30.3 Å². The number of aryl methyl sites for hydroxylation is 2. The predicted octanol–water partition coefficient (Wildman–Crippen LogP) is 2.31. The van der Waals surface area contributed by atoms with Gasteiger partial charge in [-0.05, 0) is 31.5 Å². The molecule has 0 radical (unpaired) electrons. The number of hydrogen-bond donors (Lipinski definition) is 1. The Morgan fingerprint density at radius 2 is 1.79 bits per heavy atom. The number of hydrogen-bond acceptors (Lipinski definition) is 5. The zero-order chi connectivity index (χ0) is 20.4. The van der Waals surface area contributed by atoms with Crippen LogP contribution in [0, 0.1) is 0 Å². The second kappa shape index (κ2) is 7.75. The van der Waals surface area contributed by atoms with Crippen molar-refractivity contribution in [1.29, 1.82) is 0 Å². The fraction of sp³-hybridized carbons (Fsp3) is 0.238. The molecule has 2 heterocycles. The van der Waals surface area contributed by atoms with Crippen molar-refractivity contribution in [2.24, 2.45) is 0 Å². The summed E-state index contributed by atoms with van der Waals surface area (Å²) in [6.45, 7) is 2.69. The van der Waals surface area contributed by atoms with Crippen molar-refractivity contribution >= 4 is 27.8 Å². The summed E-state index contributed by atoms with van der Waals surface area (Å²) in [5, 5.41) is 5.08. The van der Waals surface area contributed by atoms with Gasteiger partial charge >= 0.3 is 11.7 Å². The van der Waals surface area contributed by atoms with E-state index in [9.17, 15) is 14.4 Å². The Labute approximate surface area is 165 Å². The molecule has 0 aliphatic rings. The third kappa shape index (κ3) is 3.44. The van der Waals surface area contributed by atoms with E-state index in [-0.39, 0.29) is 23.5 Å². The number of fused-ring (bicyclic) bond motifs is 2. The summed E-state index contributed by atoms with van der Waals surface area (Å²) < 4.78 is 8.26. The van der Waals surface area contributed by atoms with E-state index in [0.29, 0.717) is 30.3 Å². The third-order valence-electron chi connectivity index (χ3n) is 4.80. The Morgan fingerprint density at radius 3 is 2.59 bits per heavy atom. The van der Waals surface area contributed by atoms with Gasteiger partial charge in [0.2, 0.25) is 0 Å². The Kier molecular flexibility index (Phi) is 4.99. The highest BCUT2D eigenvalue weighted by atomic mass is 16.5. The molecule has 4 rings (SSSR count). The van der Waals surface area contributed by atoms with E-state index < -0.39 is 5.97 Å². The minimum absolute atomic E-state index is 0.117. The van der Waals surface area contributed by atoms with Gasteiger partial charge in [-0.15, -0.1) is 0 Å². The molecule has 29 heavy (non-hydrogen) atoms. The number of imidazole rings is 1. The van der Waals surface area contributed by atoms with Crippen LogP contribution in [0.15, 0.2) is 58.1 Å². The molecule has 0 saturated carbocycles. The Balaban J connectivity index is 1.49. The van der Waals surface area contributed by atoms with E-state index in [1.54, 1.807) is 35.8 Å². The lowest BCUT2D eigenvalue weighted by molar-refractivity contribution is 0.0489. The molecule has 0 spiro atoms.